The number of hydrogen-bond donors (Lipinski definition) is 1. The van der Waals surface area contributed by atoms with Crippen molar-refractivity contribution in [2.24, 2.45) is 11.7 Å². The first-order chi connectivity index (χ1) is 10.2. The summed E-state index contributed by atoms with van der Waals surface area (Å²) in [6, 6.07) is 2.52. The van der Waals surface area contributed by atoms with Crippen LogP contribution in [0.3, 0.4) is 0 Å². The number of halogens is 1. The molecule has 1 aliphatic heterocycles. The molecule has 7 nitrogen and oxygen atoms in total. The van der Waals surface area contributed by atoms with E-state index >= 15 is 0 Å². The second kappa shape index (κ2) is 7.89. The molecule has 2 N–H and O–H groups in total. The molecule has 1 aromatic rings. The fourth-order valence-corrected chi connectivity index (χ4v) is 4.66. The topological polar surface area (TPSA) is 110 Å². The molecular weight excluding hydrogens is 362 g/mol. The summed E-state index contributed by atoms with van der Waals surface area (Å²) in [5.74, 6) is 0.275. The van der Waals surface area contributed by atoms with Crippen LogP contribution in [0, 0.1) is 5.92 Å². The molecule has 1 atom stereocenters. The van der Waals surface area contributed by atoms with Crippen LogP contribution >= 0.6 is 12.4 Å². The Morgan fingerprint density at radius 3 is 2.52 bits per heavy atom. The minimum atomic E-state index is -3.64. The molecule has 0 bridgehead atoms. The molecule has 0 saturated carbocycles. The summed E-state index contributed by atoms with van der Waals surface area (Å²) < 4.78 is 49.4. The number of nitrogens with zero attached hydrogens (tertiary/aromatic N) is 2. The molecule has 1 unspecified atom stereocenters. The lowest BCUT2D eigenvalue weighted by atomic mass is 9.96. The molecule has 10 heteroatoms. The van der Waals surface area contributed by atoms with Gasteiger partial charge in [-0.1, -0.05) is 0 Å². The Balaban J connectivity index is 0.00000264. The molecule has 1 aromatic heterocycles. The highest BCUT2D eigenvalue weighted by molar-refractivity contribution is 7.90. The van der Waals surface area contributed by atoms with Crippen LogP contribution in [-0.2, 0) is 19.9 Å². The quantitative estimate of drug-likeness (QED) is 0.799. The lowest BCUT2D eigenvalue weighted by Gasteiger charge is -2.31. The van der Waals surface area contributed by atoms with Gasteiger partial charge in [0, 0.05) is 25.5 Å². The number of pyridine rings is 1. The molecule has 0 spiro atoms. The van der Waals surface area contributed by atoms with Crippen molar-refractivity contribution >= 4 is 32.3 Å². The lowest BCUT2D eigenvalue weighted by molar-refractivity contribution is 0.258. The van der Waals surface area contributed by atoms with Gasteiger partial charge in [-0.3, -0.25) is 0 Å². The van der Waals surface area contributed by atoms with Crippen molar-refractivity contribution in [1.82, 2.24) is 9.29 Å². The summed E-state index contributed by atoms with van der Waals surface area (Å²) in [5.41, 5.74) is 5.55. The SMILES string of the molecule is CS(=O)(=O)c1ccc(S(=O)(=O)N2CCCC(CCN)C2)cn1.Cl. The number of rotatable bonds is 5. The fourth-order valence-electron chi connectivity index (χ4n) is 2.60. The summed E-state index contributed by atoms with van der Waals surface area (Å²) in [6.07, 6.45) is 4.73. The van der Waals surface area contributed by atoms with Gasteiger partial charge in [0.1, 0.15) is 4.90 Å². The van der Waals surface area contributed by atoms with Crippen molar-refractivity contribution in [3.63, 3.8) is 0 Å². The average molecular weight is 384 g/mol. The second-order valence-electron chi connectivity index (χ2n) is 5.55. The van der Waals surface area contributed by atoms with Crippen molar-refractivity contribution in [1.29, 1.82) is 0 Å². The van der Waals surface area contributed by atoms with Crippen LogP contribution in [0.4, 0.5) is 0 Å². The van der Waals surface area contributed by atoms with Crippen molar-refractivity contribution in [2.45, 2.75) is 29.2 Å². The highest BCUT2D eigenvalue weighted by Crippen LogP contribution is 2.25. The summed E-state index contributed by atoms with van der Waals surface area (Å²) >= 11 is 0. The maximum atomic E-state index is 12.6. The van der Waals surface area contributed by atoms with Crippen LogP contribution in [0.5, 0.6) is 0 Å². The Morgan fingerprint density at radius 2 is 2.00 bits per heavy atom. The van der Waals surface area contributed by atoms with Gasteiger partial charge in [0.25, 0.3) is 0 Å². The summed E-state index contributed by atoms with van der Waals surface area (Å²) in [4.78, 5) is 3.77. The maximum Gasteiger partial charge on any atom is 0.244 e. The predicted octanol–water partition coefficient (Wildman–Crippen LogP) is 0.656. The van der Waals surface area contributed by atoms with Crippen LogP contribution in [0.2, 0.25) is 0 Å². The van der Waals surface area contributed by atoms with Gasteiger partial charge in [0.15, 0.2) is 14.9 Å². The van der Waals surface area contributed by atoms with E-state index in [9.17, 15) is 16.8 Å². The molecule has 1 fully saturated rings. The molecule has 0 aromatic carbocycles. The van der Waals surface area contributed by atoms with Crippen LogP contribution in [-0.4, -0.2) is 52.0 Å². The highest BCUT2D eigenvalue weighted by Gasteiger charge is 2.30. The van der Waals surface area contributed by atoms with Gasteiger partial charge < -0.3 is 5.73 Å². The molecular formula is C13H22ClN3O4S2. The number of hydrogen-bond acceptors (Lipinski definition) is 6. The number of sulfone groups is 1. The van der Waals surface area contributed by atoms with Gasteiger partial charge in [0.05, 0.1) is 0 Å². The first kappa shape index (κ1) is 20.3. The first-order valence-electron chi connectivity index (χ1n) is 7.11. The average Bonchev–Trinajstić information content (AvgIpc) is 2.47. The van der Waals surface area contributed by atoms with E-state index in [1.165, 1.54) is 16.4 Å². The molecule has 23 heavy (non-hydrogen) atoms. The molecule has 0 radical (unpaired) electrons. The van der Waals surface area contributed by atoms with E-state index < -0.39 is 19.9 Å². The van der Waals surface area contributed by atoms with E-state index in [0.717, 1.165) is 31.7 Å². The Labute approximate surface area is 143 Å². The Hall–Kier alpha value is -0.740. The van der Waals surface area contributed by atoms with Gasteiger partial charge in [-0.2, -0.15) is 4.31 Å². The monoisotopic (exact) mass is 383 g/mol. The third kappa shape index (κ3) is 4.87. The van der Waals surface area contributed by atoms with E-state index in [2.05, 4.69) is 4.98 Å². The number of piperidine rings is 1. The third-order valence-electron chi connectivity index (χ3n) is 3.78. The summed E-state index contributed by atoms with van der Waals surface area (Å²) in [5, 5.41) is -0.133. The van der Waals surface area contributed by atoms with Crippen molar-refractivity contribution in [2.75, 3.05) is 25.9 Å². The molecule has 2 rings (SSSR count). The van der Waals surface area contributed by atoms with Gasteiger partial charge in [-0.25, -0.2) is 21.8 Å². The smallest absolute Gasteiger partial charge is 0.244 e. The molecule has 1 saturated heterocycles. The second-order valence-corrected chi connectivity index (χ2v) is 9.45. The Morgan fingerprint density at radius 1 is 1.30 bits per heavy atom. The summed E-state index contributed by atoms with van der Waals surface area (Å²) in [6.45, 7) is 1.47. The maximum absolute atomic E-state index is 12.6. The van der Waals surface area contributed by atoms with E-state index in [4.69, 9.17) is 5.73 Å². The van der Waals surface area contributed by atoms with E-state index in [1.54, 1.807) is 0 Å². The lowest BCUT2D eigenvalue weighted by Crippen LogP contribution is -2.40. The molecule has 0 aliphatic carbocycles. The van der Waals surface area contributed by atoms with Crippen molar-refractivity contribution in [3.05, 3.63) is 18.3 Å². The molecule has 132 valence electrons. The molecule has 2 heterocycles. The predicted molar refractivity (Wildman–Crippen MR) is 89.7 cm³/mol. The zero-order chi connectivity index (χ0) is 16.4. The number of sulfonamides is 1. The third-order valence-corrected chi connectivity index (χ3v) is 6.63. The zero-order valence-corrected chi connectivity index (χ0v) is 15.3. The number of nitrogens with two attached hydrogens (primary N) is 1. The number of aromatic nitrogens is 1. The van der Waals surface area contributed by atoms with Gasteiger partial charge in [-0.05, 0) is 43.9 Å². The van der Waals surface area contributed by atoms with Gasteiger partial charge >= 0.3 is 0 Å². The van der Waals surface area contributed by atoms with Crippen LogP contribution in [0.15, 0.2) is 28.3 Å². The minimum absolute atomic E-state index is 0. The van der Waals surface area contributed by atoms with E-state index in [-0.39, 0.29) is 28.2 Å². The summed E-state index contributed by atoms with van der Waals surface area (Å²) in [7, 11) is -7.08. The Kier molecular flexibility index (Phi) is 6.96. The van der Waals surface area contributed by atoms with Crippen molar-refractivity contribution < 1.29 is 16.8 Å². The van der Waals surface area contributed by atoms with E-state index in [0.29, 0.717) is 19.6 Å². The standard InChI is InChI=1S/C13H21N3O4S2.ClH/c1-21(17,18)13-5-4-12(9-15-13)22(19,20)16-8-2-3-11(10-16)6-7-14;/h4-5,9,11H,2-3,6-8,10,14H2,1H3;1H. The van der Waals surface area contributed by atoms with Crippen molar-refractivity contribution in [3.8, 4) is 0 Å². The fraction of sp³-hybridized carbons (Fsp3) is 0.615. The highest BCUT2D eigenvalue weighted by atomic mass is 35.5. The van der Waals surface area contributed by atoms with Crippen LogP contribution in [0.1, 0.15) is 19.3 Å². The van der Waals surface area contributed by atoms with Crippen LogP contribution < -0.4 is 5.73 Å². The normalized spacial score (nSPS) is 20.0. The van der Waals surface area contributed by atoms with Gasteiger partial charge in [0.2, 0.25) is 10.0 Å². The minimum Gasteiger partial charge on any atom is -0.330 e. The van der Waals surface area contributed by atoms with E-state index in [1.807, 2.05) is 0 Å². The largest absolute Gasteiger partial charge is 0.330 e. The Bertz CT molecular complexity index is 718. The first-order valence-corrected chi connectivity index (χ1v) is 10.4. The van der Waals surface area contributed by atoms with Gasteiger partial charge in [-0.15, -0.1) is 12.4 Å². The van der Waals surface area contributed by atoms with Crippen LogP contribution in [0.25, 0.3) is 0 Å². The molecule has 0 amide bonds. The molecule has 1 aliphatic rings. The zero-order valence-electron chi connectivity index (χ0n) is 12.9.